The minimum Gasteiger partial charge on any atom is -0.320 e. The van der Waals surface area contributed by atoms with Crippen molar-refractivity contribution in [2.24, 2.45) is 0 Å². The van der Waals surface area contributed by atoms with Crippen molar-refractivity contribution in [1.82, 2.24) is 0 Å². The molecule has 2 N–H and O–H groups in total. The monoisotopic (exact) mass is 676 g/mol. The summed E-state index contributed by atoms with van der Waals surface area (Å²) in [6.45, 7) is 0. The highest BCUT2D eigenvalue weighted by atomic mass is 79.9. The normalized spacial score (nSPS) is 12.3. The van der Waals surface area contributed by atoms with Gasteiger partial charge in [-0.05, 0) is 68.3 Å². The lowest BCUT2D eigenvalue weighted by atomic mass is 9.94. The molecule has 15 heteroatoms. The van der Waals surface area contributed by atoms with E-state index in [9.17, 15) is 49.1 Å². The molecule has 0 spiro atoms. The van der Waals surface area contributed by atoms with E-state index in [1.54, 1.807) is 0 Å². The Balaban J connectivity index is 1.93. The van der Waals surface area contributed by atoms with Crippen molar-refractivity contribution in [1.29, 1.82) is 0 Å². The molecule has 0 aromatic heterocycles. The van der Waals surface area contributed by atoms with Gasteiger partial charge in [0.2, 0.25) is 0 Å². The van der Waals surface area contributed by atoms with Gasteiger partial charge in [0.1, 0.15) is 5.82 Å². The molecule has 0 atom stereocenters. The molecule has 2 amide bonds. The lowest BCUT2D eigenvalue weighted by Gasteiger charge is -2.31. The Morgan fingerprint density at radius 1 is 0.684 bits per heavy atom. The first kappa shape index (κ1) is 29.5. The van der Waals surface area contributed by atoms with Crippen LogP contribution in [0.2, 0.25) is 0 Å². The van der Waals surface area contributed by atoms with Gasteiger partial charge in [-0.15, -0.1) is 0 Å². The van der Waals surface area contributed by atoms with Gasteiger partial charge in [-0.3, -0.25) is 9.59 Å². The minimum atomic E-state index is -6.37. The summed E-state index contributed by atoms with van der Waals surface area (Å²) >= 11 is 5.38. The summed E-state index contributed by atoms with van der Waals surface area (Å²) in [7, 11) is 0. The number of benzene rings is 3. The first-order chi connectivity index (χ1) is 17.5. The second-order valence-electron chi connectivity index (χ2n) is 7.52. The molecule has 0 bridgehead atoms. The molecule has 0 fully saturated rings. The standard InChI is InChI=1S/C23H11Br2F9N2O2/c24-13-8-10(21(28,22(29,30)31)23(32,33)34)9-14(25)18(13)36-20(38)12-5-3-7-16(17(12)27)35-19(37)11-4-1-2-6-15(11)26/h1-9H,(H,35,37)(H,36,38). The van der Waals surface area contributed by atoms with Gasteiger partial charge in [-0.1, -0.05) is 18.2 Å². The predicted molar refractivity (Wildman–Crippen MR) is 125 cm³/mol. The van der Waals surface area contributed by atoms with Gasteiger partial charge in [-0.2, -0.15) is 26.3 Å². The number of rotatable bonds is 5. The molecule has 3 aromatic carbocycles. The van der Waals surface area contributed by atoms with Crippen molar-refractivity contribution in [2.45, 2.75) is 18.0 Å². The number of anilines is 2. The summed E-state index contributed by atoms with van der Waals surface area (Å²) in [5.41, 5.74) is -9.67. The molecule has 0 saturated heterocycles. The fourth-order valence-electron chi connectivity index (χ4n) is 3.20. The van der Waals surface area contributed by atoms with Gasteiger partial charge in [0.05, 0.1) is 22.5 Å². The zero-order valence-corrected chi connectivity index (χ0v) is 21.3. The molecule has 0 aliphatic carbocycles. The van der Waals surface area contributed by atoms with Crippen LogP contribution >= 0.6 is 31.9 Å². The Morgan fingerprint density at radius 3 is 1.71 bits per heavy atom. The van der Waals surface area contributed by atoms with E-state index in [0.717, 1.165) is 30.3 Å². The number of carbonyl (C=O) groups is 2. The number of hydrogen-bond acceptors (Lipinski definition) is 2. The third-order valence-corrected chi connectivity index (χ3v) is 6.32. The molecule has 0 aliphatic rings. The van der Waals surface area contributed by atoms with Crippen molar-refractivity contribution >= 4 is 55.0 Å². The Morgan fingerprint density at radius 2 is 1.18 bits per heavy atom. The topological polar surface area (TPSA) is 58.2 Å². The van der Waals surface area contributed by atoms with Crippen LogP contribution in [0, 0.1) is 11.6 Å². The summed E-state index contributed by atoms with van der Waals surface area (Å²) in [5, 5.41) is 4.18. The van der Waals surface area contributed by atoms with Crippen LogP contribution in [0.3, 0.4) is 0 Å². The summed E-state index contributed by atoms with van der Waals surface area (Å²) in [6, 6.07) is 8.29. The summed E-state index contributed by atoms with van der Waals surface area (Å²) in [6.07, 6.45) is -12.7. The van der Waals surface area contributed by atoms with Crippen LogP contribution in [0.4, 0.5) is 50.9 Å². The lowest BCUT2D eigenvalue weighted by molar-refractivity contribution is -0.348. The number of nitrogens with one attached hydrogen (secondary N) is 2. The maximum absolute atomic E-state index is 15.0. The van der Waals surface area contributed by atoms with Crippen molar-refractivity contribution in [3.8, 4) is 0 Å². The average molecular weight is 678 g/mol. The minimum absolute atomic E-state index is 0.169. The zero-order valence-electron chi connectivity index (χ0n) is 18.2. The Kier molecular flexibility index (Phi) is 8.22. The molecule has 0 aliphatic heterocycles. The average Bonchev–Trinajstić information content (AvgIpc) is 2.80. The summed E-state index contributed by atoms with van der Waals surface area (Å²) < 4.78 is 121. The molecule has 4 nitrogen and oxygen atoms in total. The summed E-state index contributed by atoms with van der Waals surface area (Å²) in [4.78, 5) is 25.0. The van der Waals surface area contributed by atoms with E-state index in [4.69, 9.17) is 0 Å². The number of hydrogen-bond donors (Lipinski definition) is 2. The lowest BCUT2D eigenvalue weighted by Crippen LogP contribution is -2.50. The number of carbonyl (C=O) groups excluding carboxylic acids is 2. The van der Waals surface area contributed by atoms with E-state index in [0.29, 0.717) is 0 Å². The van der Waals surface area contributed by atoms with E-state index in [1.807, 2.05) is 0 Å². The smallest absolute Gasteiger partial charge is 0.320 e. The van der Waals surface area contributed by atoms with Gasteiger partial charge >= 0.3 is 18.0 Å². The quantitative estimate of drug-likeness (QED) is 0.267. The van der Waals surface area contributed by atoms with Crippen LogP contribution in [0.15, 0.2) is 63.5 Å². The van der Waals surface area contributed by atoms with Crippen LogP contribution in [0.1, 0.15) is 26.3 Å². The van der Waals surface area contributed by atoms with E-state index in [1.165, 1.54) is 12.1 Å². The van der Waals surface area contributed by atoms with Crippen LogP contribution in [-0.4, -0.2) is 24.2 Å². The molecule has 38 heavy (non-hydrogen) atoms. The Hall–Kier alpha value is -3.07. The molecule has 0 unspecified atom stereocenters. The number of alkyl halides is 7. The third kappa shape index (κ3) is 5.53. The SMILES string of the molecule is O=C(Nc1cccc(C(=O)Nc2c(Br)cc(C(F)(C(F)(F)F)C(F)(F)F)cc2Br)c1F)c1ccccc1F. The number of halogens is 11. The van der Waals surface area contributed by atoms with Gasteiger partial charge in [0.15, 0.2) is 5.82 Å². The fourth-order valence-corrected chi connectivity index (χ4v) is 4.58. The molecule has 202 valence electrons. The fraction of sp³-hybridized carbons (Fsp3) is 0.130. The van der Waals surface area contributed by atoms with Crippen LogP contribution < -0.4 is 10.6 Å². The van der Waals surface area contributed by atoms with Crippen molar-refractivity contribution in [3.05, 3.63) is 91.9 Å². The first-order valence-electron chi connectivity index (χ1n) is 9.96. The zero-order chi connectivity index (χ0) is 28.6. The van der Waals surface area contributed by atoms with Crippen molar-refractivity contribution in [2.75, 3.05) is 10.6 Å². The van der Waals surface area contributed by atoms with E-state index in [-0.39, 0.29) is 12.1 Å². The molecule has 0 saturated carbocycles. The van der Waals surface area contributed by atoms with E-state index in [2.05, 4.69) is 42.5 Å². The first-order valence-corrected chi connectivity index (χ1v) is 11.5. The number of amides is 2. The van der Waals surface area contributed by atoms with Crippen molar-refractivity contribution in [3.63, 3.8) is 0 Å². The second-order valence-corrected chi connectivity index (χ2v) is 9.23. The highest BCUT2D eigenvalue weighted by Gasteiger charge is 2.73. The van der Waals surface area contributed by atoms with Gasteiger partial charge in [0, 0.05) is 14.5 Å². The Labute approximate surface area is 224 Å². The van der Waals surface area contributed by atoms with E-state index < -0.39 is 78.5 Å². The van der Waals surface area contributed by atoms with Crippen LogP contribution in [-0.2, 0) is 5.67 Å². The molecule has 3 rings (SSSR count). The highest BCUT2D eigenvalue weighted by molar-refractivity contribution is 9.11. The molecular formula is C23H11Br2F9N2O2. The van der Waals surface area contributed by atoms with Crippen LogP contribution in [0.25, 0.3) is 0 Å². The molecule has 0 radical (unpaired) electrons. The maximum atomic E-state index is 15.0. The van der Waals surface area contributed by atoms with E-state index >= 15 is 0 Å². The summed E-state index contributed by atoms with van der Waals surface area (Å²) in [5.74, 6) is -4.46. The molecule has 0 heterocycles. The highest BCUT2D eigenvalue weighted by Crippen LogP contribution is 2.54. The third-order valence-electron chi connectivity index (χ3n) is 5.07. The second kappa shape index (κ2) is 10.6. The molecular weight excluding hydrogens is 667 g/mol. The maximum Gasteiger partial charge on any atom is 0.435 e. The van der Waals surface area contributed by atoms with Gasteiger partial charge in [-0.25, -0.2) is 13.2 Å². The molecule has 3 aromatic rings. The van der Waals surface area contributed by atoms with Crippen LogP contribution in [0.5, 0.6) is 0 Å². The predicted octanol–water partition coefficient (Wildman–Crippen LogP) is 8.28. The Bertz CT molecular complexity index is 1370. The largest absolute Gasteiger partial charge is 0.435 e. The van der Waals surface area contributed by atoms with Gasteiger partial charge in [0.25, 0.3) is 11.8 Å². The van der Waals surface area contributed by atoms with Crippen molar-refractivity contribution < 1.29 is 49.1 Å². The van der Waals surface area contributed by atoms with Gasteiger partial charge < -0.3 is 10.6 Å².